The van der Waals surface area contributed by atoms with Crippen molar-refractivity contribution >= 4 is 44.8 Å². The van der Waals surface area contributed by atoms with Gasteiger partial charge in [-0.1, -0.05) is 39.7 Å². The minimum absolute atomic E-state index is 0.145. The molecule has 1 aliphatic heterocycles. The van der Waals surface area contributed by atoms with E-state index in [1.807, 2.05) is 30.3 Å². The number of ether oxygens (including phenoxy) is 1. The molecular formula is C19H20BrClN2O2. The van der Waals surface area contributed by atoms with Gasteiger partial charge in [-0.3, -0.25) is 4.79 Å². The van der Waals surface area contributed by atoms with Crippen LogP contribution in [0.15, 0.2) is 46.9 Å². The van der Waals surface area contributed by atoms with Gasteiger partial charge >= 0.3 is 0 Å². The number of carbonyl (C=O) groups excluding carboxylic acids is 1. The van der Waals surface area contributed by atoms with Gasteiger partial charge in [-0.05, 0) is 44.2 Å². The SMILES string of the molecule is CC1CN(c2ccccc2NC(=O)c2cc(Br)ccc2Cl)CC(C)O1. The number of nitrogens with zero attached hydrogens (tertiary/aromatic N) is 1. The lowest BCUT2D eigenvalue weighted by molar-refractivity contribution is -0.00517. The molecule has 3 rings (SSSR count). The molecule has 1 saturated heterocycles. The molecule has 0 spiro atoms. The van der Waals surface area contributed by atoms with Crippen molar-refractivity contribution in [2.75, 3.05) is 23.3 Å². The minimum Gasteiger partial charge on any atom is -0.372 e. The highest BCUT2D eigenvalue weighted by Gasteiger charge is 2.24. The molecule has 1 amide bonds. The van der Waals surface area contributed by atoms with E-state index >= 15 is 0 Å². The Hall–Kier alpha value is -1.56. The number of hydrogen-bond donors (Lipinski definition) is 1. The third-order valence-electron chi connectivity index (χ3n) is 4.09. The number of halogens is 2. The second kappa shape index (κ2) is 7.77. The van der Waals surface area contributed by atoms with Gasteiger partial charge in [0.25, 0.3) is 5.91 Å². The summed E-state index contributed by atoms with van der Waals surface area (Å²) in [5, 5.41) is 3.42. The molecule has 0 aliphatic carbocycles. The molecule has 1 aliphatic rings. The molecule has 1 N–H and O–H groups in total. The lowest BCUT2D eigenvalue weighted by Gasteiger charge is -2.37. The first kappa shape index (κ1) is 18.2. The van der Waals surface area contributed by atoms with Crippen molar-refractivity contribution in [2.45, 2.75) is 26.1 Å². The number of nitrogens with one attached hydrogen (secondary N) is 1. The van der Waals surface area contributed by atoms with Gasteiger partial charge in [-0.25, -0.2) is 0 Å². The van der Waals surface area contributed by atoms with Crippen LogP contribution in [0.2, 0.25) is 5.02 Å². The Morgan fingerprint density at radius 2 is 1.88 bits per heavy atom. The molecule has 25 heavy (non-hydrogen) atoms. The largest absolute Gasteiger partial charge is 0.372 e. The van der Waals surface area contributed by atoms with Crippen LogP contribution in [0, 0.1) is 0 Å². The first-order valence-electron chi connectivity index (χ1n) is 8.20. The molecule has 2 aromatic rings. The Kier molecular flexibility index (Phi) is 5.67. The number of hydrogen-bond acceptors (Lipinski definition) is 3. The van der Waals surface area contributed by atoms with Crippen LogP contribution in [0.3, 0.4) is 0 Å². The van der Waals surface area contributed by atoms with Gasteiger partial charge in [0, 0.05) is 17.6 Å². The van der Waals surface area contributed by atoms with Crippen molar-refractivity contribution in [2.24, 2.45) is 0 Å². The van der Waals surface area contributed by atoms with Crippen LogP contribution in [-0.2, 0) is 4.74 Å². The van der Waals surface area contributed by atoms with Crippen molar-refractivity contribution in [3.8, 4) is 0 Å². The maximum atomic E-state index is 12.7. The van der Waals surface area contributed by atoms with E-state index in [2.05, 4.69) is 40.0 Å². The van der Waals surface area contributed by atoms with Crippen LogP contribution in [0.4, 0.5) is 11.4 Å². The summed E-state index contributed by atoms with van der Waals surface area (Å²) in [6.45, 7) is 5.69. The van der Waals surface area contributed by atoms with Crippen LogP contribution in [0.5, 0.6) is 0 Å². The zero-order valence-electron chi connectivity index (χ0n) is 14.1. The highest BCUT2D eigenvalue weighted by atomic mass is 79.9. The van der Waals surface area contributed by atoms with E-state index in [1.165, 1.54) is 0 Å². The molecule has 2 unspecified atom stereocenters. The van der Waals surface area contributed by atoms with Crippen LogP contribution in [0.1, 0.15) is 24.2 Å². The fourth-order valence-electron chi connectivity index (χ4n) is 3.09. The maximum absolute atomic E-state index is 12.7. The van der Waals surface area contributed by atoms with Gasteiger partial charge in [0.05, 0.1) is 34.2 Å². The average Bonchev–Trinajstić information content (AvgIpc) is 2.56. The molecule has 2 aromatic carbocycles. The van der Waals surface area contributed by atoms with E-state index < -0.39 is 0 Å². The maximum Gasteiger partial charge on any atom is 0.257 e. The predicted molar refractivity (Wildman–Crippen MR) is 106 cm³/mol. The Labute approximate surface area is 161 Å². The van der Waals surface area contributed by atoms with Gasteiger partial charge in [0.2, 0.25) is 0 Å². The minimum atomic E-state index is -0.229. The molecule has 2 atom stereocenters. The van der Waals surface area contributed by atoms with Crippen LogP contribution < -0.4 is 10.2 Å². The van der Waals surface area contributed by atoms with Crippen LogP contribution in [0.25, 0.3) is 0 Å². The molecule has 0 saturated carbocycles. The molecule has 4 nitrogen and oxygen atoms in total. The Bertz CT molecular complexity index is 774. The van der Waals surface area contributed by atoms with Crippen molar-refractivity contribution in [1.29, 1.82) is 0 Å². The zero-order valence-corrected chi connectivity index (χ0v) is 16.5. The molecule has 1 heterocycles. The van der Waals surface area contributed by atoms with Crippen LogP contribution in [-0.4, -0.2) is 31.2 Å². The lowest BCUT2D eigenvalue weighted by Crippen LogP contribution is -2.45. The summed E-state index contributed by atoms with van der Waals surface area (Å²) in [6.07, 6.45) is 0.291. The second-order valence-electron chi connectivity index (χ2n) is 6.26. The summed E-state index contributed by atoms with van der Waals surface area (Å²) in [4.78, 5) is 14.9. The monoisotopic (exact) mass is 422 g/mol. The summed E-state index contributed by atoms with van der Waals surface area (Å²) >= 11 is 9.55. The number of amides is 1. The number of anilines is 2. The first-order chi connectivity index (χ1) is 11.9. The number of morpholine rings is 1. The van der Waals surface area contributed by atoms with Gasteiger partial charge in [-0.2, -0.15) is 0 Å². The van der Waals surface area contributed by atoms with Gasteiger partial charge in [0.15, 0.2) is 0 Å². The fourth-order valence-corrected chi connectivity index (χ4v) is 3.66. The summed E-state index contributed by atoms with van der Waals surface area (Å²) in [7, 11) is 0. The number of rotatable bonds is 3. The number of para-hydroxylation sites is 2. The molecule has 1 fully saturated rings. The predicted octanol–water partition coefficient (Wildman–Crippen LogP) is 4.97. The van der Waals surface area contributed by atoms with E-state index in [1.54, 1.807) is 12.1 Å². The van der Waals surface area contributed by atoms with Crippen molar-refractivity contribution in [3.05, 3.63) is 57.5 Å². The first-order valence-corrected chi connectivity index (χ1v) is 9.37. The van der Waals surface area contributed by atoms with Gasteiger partial charge in [-0.15, -0.1) is 0 Å². The summed E-state index contributed by atoms with van der Waals surface area (Å²) < 4.78 is 6.62. The zero-order chi connectivity index (χ0) is 18.0. The summed E-state index contributed by atoms with van der Waals surface area (Å²) in [5.41, 5.74) is 2.20. The average molecular weight is 424 g/mol. The second-order valence-corrected chi connectivity index (χ2v) is 7.58. The molecule has 0 radical (unpaired) electrons. The highest BCUT2D eigenvalue weighted by molar-refractivity contribution is 9.10. The topological polar surface area (TPSA) is 41.6 Å². The fraction of sp³-hybridized carbons (Fsp3) is 0.316. The van der Waals surface area contributed by atoms with Crippen molar-refractivity contribution in [3.63, 3.8) is 0 Å². The number of benzene rings is 2. The molecule has 132 valence electrons. The Morgan fingerprint density at radius 3 is 2.60 bits per heavy atom. The van der Waals surface area contributed by atoms with E-state index in [0.717, 1.165) is 28.9 Å². The third-order valence-corrected chi connectivity index (χ3v) is 4.91. The summed E-state index contributed by atoms with van der Waals surface area (Å²) in [6, 6.07) is 13.0. The van der Waals surface area contributed by atoms with E-state index in [-0.39, 0.29) is 18.1 Å². The summed E-state index contributed by atoms with van der Waals surface area (Å²) in [5.74, 6) is -0.229. The molecule has 0 bridgehead atoms. The molecule has 6 heteroatoms. The smallest absolute Gasteiger partial charge is 0.257 e. The van der Waals surface area contributed by atoms with Crippen molar-refractivity contribution in [1.82, 2.24) is 0 Å². The van der Waals surface area contributed by atoms with Crippen molar-refractivity contribution < 1.29 is 9.53 Å². The van der Waals surface area contributed by atoms with E-state index in [0.29, 0.717) is 10.6 Å². The van der Waals surface area contributed by atoms with Crippen LogP contribution >= 0.6 is 27.5 Å². The lowest BCUT2D eigenvalue weighted by atomic mass is 10.1. The quantitative estimate of drug-likeness (QED) is 0.758. The Balaban J connectivity index is 1.86. The van der Waals surface area contributed by atoms with Gasteiger partial charge in [0.1, 0.15) is 0 Å². The number of carbonyl (C=O) groups is 1. The van der Waals surface area contributed by atoms with Gasteiger partial charge < -0.3 is 15.0 Å². The standard InChI is InChI=1S/C19H20BrClN2O2/c1-12-10-23(11-13(2)25-12)18-6-4-3-5-17(18)22-19(24)15-9-14(20)7-8-16(15)21/h3-9,12-13H,10-11H2,1-2H3,(H,22,24). The molecular weight excluding hydrogens is 404 g/mol. The van der Waals surface area contributed by atoms with E-state index in [4.69, 9.17) is 16.3 Å². The normalized spacial score (nSPS) is 20.4. The highest BCUT2D eigenvalue weighted by Crippen LogP contribution is 2.30. The molecule has 0 aromatic heterocycles. The third kappa shape index (κ3) is 4.35. The van der Waals surface area contributed by atoms with E-state index in [9.17, 15) is 4.79 Å². The Morgan fingerprint density at radius 1 is 1.20 bits per heavy atom.